The van der Waals surface area contributed by atoms with Crippen molar-refractivity contribution in [2.45, 2.75) is 29.8 Å². The van der Waals surface area contributed by atoms with Crippen molar-refractivity contribution in [3.8, 4) is 0 Å². The van der Waals surface area contributed by atoms with Gasteiger partial charge in [-0.2, -0.15) is 4.31 Å². The normalized spacial score (nSPS) is 15.6. The molecule has 0 aliphatic carbocycles. The Morgan fingerprint density at radius 2 is 2.00 bits per heavy atom. The van der Waals surface area contributed by atoms with Gasteiger partial charge in [0.05, 0.1) is 23.9 Å². The Balaban J connectivity index is 1.63. The second-order valence-corrected chi connectivity index (χ2v) is 9.82. The van der Waals surface area contributed by atoms with Crippen LogP contribution in [0.1, 0.15) is 25.6 Å². The van der Waals surface area contributed by atoms with E-state index in [0.29, 0.717) is 37.1 Å². The minimum Gasteiger partial charge on any atom is -0.379 e. The number of carbonyl (C=O) groups is 1. The Hall–Kier alpha value is -1.95. The fourth-order valence-corrected chi connectivity index (χ4v) is 5.12. The molecule has 158 valence electrons. The topological polar surface area (TPSA) is 106 Å². The van der Waals surface area contributed by atoms with Crippen molar-refractivity contribution in [1.82, 2.24) is 19.1 Å². The predicted octanol–water partition coefficient (Wildman–Crippen LogP) is 1.69. The van der Waals surface area contributed by atoms with Crippen LogP contribution in [0.15, 0.2) is 34.3 Å². The highest BCUT2D eigenvalue weighted by Gasteiger charge is 2.26. The van der Waals surface area contributed by atoms with Crippen LogP contribution in [-0.2, 0) is 26.6 Å². The van der Waals surface area contributed by atoms with Crippen LogP contribution in [0.4, 0.5) is 5.69 Å². The van der Waals surface area contributed by atoms with Crippen LogP contribution in [-0.4, -0.2) is 65.5 Å². The number of rotatable bonds is 7. The van der Waals surface area contributed by atoms with Crippen LogP contribution < -0.4 is 5.32 Å². The molecule has 0 saturated carbocycles. The summed E-state index contributed by atoms with van der Waals surface area (Å²) in [6.45, 7) is 5.48. The number of nitrogens with one attached hydrogen (secondary N) is 1. The van der Waals surface area contributed by atoms with Gasteiger partial charge in [-0.15, -0.1) is 10.2 Å². The third kappa shape index (κ3) is 5.16. The van der Waals surface area contributed by atoms with Gasteiger partial charge in [0.15, 0.2) is 5.16 Å². The number of thioether (sulfide) groups is 1. The van der Waals surface area contributed by atoms with E-state index in [4.69, 9.17) is 4.74 Å². The van der Waals surface area contributed by atoms with E-state index < -0.39 is 10.0 Å². The molecule has 29 heavy (non-hydrogen) atoms. The molecule has 1 aliphatic heterocycles. The lowest BCUT2D eigenvalue weighted by Crippen LogP contribution is -2.40. The monoisotopic (exact) mass is 439 g/mol. The minimum atomic E-state index is -3.61. The summed E-state index contributed by atoms with van der Waals surface area (Å²) < 4.78 is 34.0. The number of carbonyl (C=O) groups excluding carboxylic acids is 1. The van der Waals surface area contributed by atoms with Crippen LogP contribution in [0.3, 0.4) is 0 Å². The van der Waals surface area contributed by atoms with E-state index in [0.717, 1.165) is 5.82 Å². The molecule has 1 N–H and O–H groups in total. The lowest BCUT2D eigenvalue weighted by Gasteiger charge is -2.26. The van der Waals surface area contributed by atoms with Crippen molar-refractivity contribution in [3.05, 3.63) is 30.1 Å². The van der Waals surface area contributed by atoms with Crippen molar-refractivity contribution in [3.63, 3.8) is 0 Å². The molecule has 1 aliphatic rings. The van der Waals surface area contributed by atoms with E-state index >= 15 is 0 Å². The second-order valence-electron chi connectivity index (χ2n) is 6.94. The van der Waals surface area contributed by atoms with E-state index in [2.05, 4.69) is 15.5 Å². The molecule has 9 nitrogen and oxygen atoms in total. The summed E-state index contributed by atoms with van der Waals surface area (Å²) in [5, 5.41) is 11.7. The zero-order valence-electron chi connectivity index (χ0n) is 16.7. The number of amides is 1. The van der Waals surface area contributed by atoms with Crippen LogP contribution in [0.5, 0.6) is 0 Å². The van der Waals surface area contributed by atoms with Gasteiger partial charge >= 0.3 is 0 Å². The molecule has 11 heteroatoms. The van der Waals surface area contributed by atoms with Crippen LogP contribution >= 0.6 is 11.8 Å². The van der Waals surface area contributed by atoms with E-state index in [1.54, 1.807) is 12.1 Å². The summed E-state index contributed by atoms with van der Waals surface area (Å²) in [4.78, 5) is 12.5. The standard InChI is InChI=1S/C18H25N5O4S2/c1-13(2)17-20-21-18(22(17)3)28-12-16(24)19-14-5-4-6-15(11-14)29(25,26)23-7-9-27-10-8-23/h4-6,11,13H,7-10,12H2,1-3H3,(H,19,24). The fraction of sp³-hybridized carbons (Fsp3) is 0.500. The van der Waals surface area contributed by atoms with Crippen molar-refractivity contribution in [1.29, 1.82) is 0 Å². The molecule has 1 aromatic carbocycles. The maximum Gasteiger partial charge on any atom is 0.243 e. The fourth-order valence-electron chi connectivity index (χ4n) is 2.95. The third-order valence-corrected chi connectivity index (χ3v) is 7.36. The van der Waals surface area contributed by atoms with E-state index in [-0.39, 0.29) is 22.5 Å². The van der Waals surface area contributed by atoms with Gasteiger partial charge in [0.25, 0.3) is 0 Å². The predicted molar refractivity (Wildman–Crippen MR) is 110 cm³/mol. The van der Waals surface area contributed by atoms with Crippen molar-refractivity contribution < 1.29 is 17.9 Å². The Bertz CT molecular complexity index is 968. The van der Waals surface area contributed by atoms with Gasteiger partial charge in [0.2, 0.25) is 15.9 Å². The van der Waals surface area contributed by atoms with Crippen LogP contribution in [0.25, 0.3) is 0 Å². The summed E-state index contributed by atoms with van der Waals surface area (Å²) in [6.07, 6.45) is 0. The summed E-state index contributed by atoms with van der Waals surface area (Å²) in [6, 6.07) is 6.29. The lowest BCUT2D eigenvalue weighted by molar-refractivity contribution is -0.113. The first-order chi connectivity index (χ1) is 13.8. The number of anilines is 1. The average molecular weight is 440 g/mol. The Labute approximate surface area is 174 Å². The number of morpholine rings is 1. The molecule has 2 aromatic rings. The SMILES string of the molecule is CC(C)c1nnc(SCC(=O)Nc2cccc(S(=O)(=O)N3CCOCC3)c2)n1C. The number of aromatic nitrogens is 3. The van der Waals surface area contributed by atoms with Crippen molar-refractivity contribution >= 4 is 33.4 Å². The van der Waals surface area contributed by atoms with Gasteiger partial charge in [0, 0.05) is 31.7 Å². The number of hydrogen-bond donors (Lipinski definition) is 1. The molecule has 0 radical (unpaired) electrons. The molecular formula is C18H25N5O4S2. The average Bonchev–Trinajstić information content (AvgIpc) is 3.08. The Morgan fingerprint density at radius 1 is 1.28 bits per heavy atom. The Kier molecular flexibility index (Phi) is 6.93. The Morgan fingerprint density at radius 3 is 2.66 bits per heavy atom. The molecule has 0 unspecified atom stereocenters. The first-order valence-corrected chi connectivity index (χ1v) is 11.7. The number of sulfonamides is 1. The van der Waals surface area contributed by atoms with Gasteiger partial charge in [-0.3, -0.25) is 4.79 Å². The molecule has 1 aromatic heterocycles. The summed E-state index contributed by atoms with van der Waals surface area (Å²) >= 11 is 1.28. The molecule has 0 atom stereocenters. The number of benzene rings is 1. The van der Waals surface area contributed by atoms with E-state index in [1.165, 1.54) is 28.2 Å². The van der Waals surface area contributed by atoms with Gasteiger partial charge in [-0.05, 0) is 18.2 Å². The van der Waals surface area contributed by atoms with Crippen LogP contribution in [0, 0.1) is 0 Å². The summed E-state index contributed by atoms with van der Waals surface area (Å²) in [5.74, 6) is 0.996. The highest BCUT2D eigenvalue weighted by atomic mass is 32.2. The molecule has 1 fully saturated rings. The maximum atomic E-state index is 12.8. The first kappa shape index (κ1) is 21.8. The number of hydrogen-bond acceptors (Lipinski definition) is 7. The zero-order chi connectivity index (χ0) is 21.0. The van der Waals surface area contributed by atoms with Gasteiger partial charge in [0.1, 0.15) is 5.82 Å². The number of nitrogens with zero attached hydrogens (tertiary/aromatic N) is 4. The highest BCUT2D eigenvalue weighted by molar-refractivity contribution is 7.99. The van der Waals surface area contributed by atoms with Gasteiger partial charge < -0.3 is 14.6 Å². The first-order valence-electron chi connectivity index (χ1n) is 9.29. The molecular weight excluding hydrogens is 414 g/mol. The zero-order valence-corrected chi connectivity index (χ0v) is 18.3. The molecule has 1 saturated heterocycles. The largest absolute Gasteiger partial charge is 0.379 e. The molecule has 1 amide bonds. The van der Waals surface area contributed by atoms with Crippen molar-refractivity contribution in [2.75, 3.05) is 37.4 Å². The maximum absolute atomic E-state index is 12.8. The molecule has 3 rings (SSSR count). The minimum absolute atomic E-state index is 0.143. The molecule has 2 heterocycles. The van der Waals surface area contributed by atoms with Crippen molar-refractivity contribution in [2.24, 2.45) is 7.05 Å². The quantitative estimate of drug-likeness (QED) is 0.654. The van der Waals surface area contributed by atoms with Gasteiger partial charge in [-0.25, -0.2) is 8.42 Å². The highest BCUT2D eigenvalue weighted by Crippen LogP contribution is 2.22. The number of ether oxygens (including phenoxy) is 1. The molecule has 0 spiro atoms. The van der Waals surface area contributed by atoms with Crippen LogP contribution in [0.2, 0.25) is 0 Å². The van der Waals surface area contributed by atoms with E-state index in [1.807, 2.05) is 25.5 Å². The van der Waals surface area contributed by atoms with E-state index in [9.17, 15) is 13.2 Å². The molecule has 0 bridgehead atoms. The van der Waals surface area contributed by atoms with Gasteiger partial charge in [-0.1, -0.05) is 31.7 Å². The smallest absolute Gasteiger partial charge is 0.243 e. The second kappa shape index (κ2) is 9.24. The lowest BCUT2D eigenvalue weighted by atomic mass is 10.2. The summed E-state index contributed by atoms with van der Waals surface area (Å²) in [5.41, 5.74) is 0.436. The third-order valence-electron chi connectivity index (χ3n) is 4.44. The summed E-state index contributed by atoms with van der Waals surface area (Å²) in [7, 11) is -1.74.